The maximum Gasteiger partial charge on any atom is 0.255 e. The Kier molecular flexibility index (Phi) is 6.45. The van der Waals surface area contributed by atoms with Crippen LogP contribution in [0, 0.1) is 13.8 Å². The molecule has 4 heteroatoms. The Hall–Kier alpha value is -3.40. The highest BCUT2D eigenvalue weighted by molar-refractivity contribution is 6.04. The van der Waals surface area contributed by atoms with E-state index in [2.05, 4.69) is 5.32 Å². The monoisotopic (exact) mass is 386 g/mol. The van der Waals surface area contributed by atoms with Crippen LogP contribution in [0.3, 0.4) is 0 Å². The summed E-state index contributed by atoms with van der Waals surface area (Å²) in [7, 11) is 0. The molecular weight excluding hydrogens is 360 g/mol. The molecule has 0 saturated carbocycles. The summed E-state index contributed by atoms with van der Waals surface area (Å²) >= 11 is 0. The van der Waals surface area contributed by atoms with Gasteiger partial charge >= 0.3 is 0 Å². The molecule has 0 spiro atoms. The second-order valence-electron chi connectivity index (χ2n) is 7.18. The van der Waals surface area contributed by atoms with Gasteiger partial charge in [-0.15, -0.1) is 0 Å². The molecule has 4 nitrogen and oxygen atoms in total. The summed E-state index contributed by atoms with van der Waals surface area (Å²) < 4.78 is 0. The zero-order chi connectivity index (χ0) is 20.8. The predicted octanol–water partition coefficient (Wildman–Crippen LogP) is 5.15. The van der Waals surface area contributed by atoms with Gasteiger partial charge in [-0.25, -0.2) is 0 Å². The summed E-state index contributed by atoms with van der Waals surface area (Å²) in [5.74, 6) is -0.0902. The highest BCUT2D eigenvalue weighted by atomic mass is 16.2. The second kappa shape index (κ2) is 9.20. The molecule has 0 bridgehead atoms. The molecule has 29 heavy (non-hydrogen) atoms. The van der Waals surface area contributed by atoms with Crippen LogP contribution in [-0.2, 0) is 11.2 Å². The van der Waals surface area contributed by atoms with E-state index in [0.29, 0.717) is 24.2 Å². The maximum atomic E-state index is 12.7. The quantitative estimate of drug-likeness (QED) is 0.637. The van der Waals surface area contributed by atoms with Gasteiger partial charge in [-0.2, -0.15) is 0 Å². The van der Waals surface area contributed by atoms with Crippen molar-refractivity contribution in [3.8, 4) is 0 Å². The first kappa shape index (κ1) is 20.3. The zero-order valence-electron chi connectivity index (χ0n) is 17.1. The van der Waals surface area contributed by atoms with Gasteiger partial charge < -0.3 is 10.2 Å². The van der Waals surface area contributed by atoms with Crippen LogP contribution in [0.25, 0.3) is 0 Å². The minimum atomic E-state index is -0.137. The Morgan fingerprint density at radius 3 is 2.07 bits per heavy atom. The molecule has 0 aliphatic rings. The zero-order valence-corrected chi connectivity index (χ0v) is 17.1. The van der Waals surface area contributed by atoms with Crippen molar-refractivity contribution in [2.75, 3.05) is 16.8 Å². The van der Waals surface area contributed by atoms with Crippen molar-refractivity contribution < 1.29 is 9.59 Å². The Morgan fingerprint density at radius 1 is 0.862 bits per heavy atom. The van der Waals surface area contributed by atoms with E-state index in [9.17, 15) is 9.59 Å². The summed E-state index contributed by atoms with van der Waals surface area (Å²) in [6, 6.07) is 22.9. The number of para-hydroxylation sites is 1. The number of hydrogen-bond acceptors (Lipinski definition) is 2. The van der Waals surface area contributed by atoms with Crippen molar-refractivity contribution in [3.63, 3.8) is 0 Å². The molecule has 0 fully saturated rings. The van der Waals surface area contributed by atoms with E-state index in [1.165, 1.54) is 0 Å². The molecule has 1 N–H and O–H groups in total. The van der Waals surface area contributed by atoms with E-state index < -0.39 is 0 Å². The topological polar surface area (TPSA) is 49.4 Å². The molecule has 0 saturated heterocycles. The first-order valence-corrected chi connectivity index (χ1v) is 9.80. The molecule has 0 heterocycles. The number of anilines is 2. The lowest BCUT2D eigenvalue weighted by molar-refractivity contribution is -0.117. The summed E-state index contributed by atoms with van der Waals surface area (Å²) in [6.07, 6.45) is 0.314. The maximum absolute atomic E-state index is 12.7. The predicted molar refractivity (Wildman–Crippen MR) is 118 cm³/mol. The molecule has 2 amide bonds. The molecule has 0 atom stereocenters. The van der Waals surface area contributed by atoms with Crippen molar-refractivity contribution >= 4 is 23.2 Å². The fourth-order valence-electron chi connectivity index (χ4n) is 3.40. The Balaban J connectivity index is 1.65. The molecule has 0 aliphatic heterocycles. The number of amides is 2. The van der Waals surface area contributed by atoms with Gasteiger partial charge in [0, 0.05) is 23.5 Å². The smallest absolute Gasteiger partial charge is 0.255 e. The van der Waals surface area contributed by atoms with E-state index >= 15 is 0 Å². The van der Waals surface area contributed by atoms with Crippen LogP contribution in [-0.4, -0.2) is 18.4 Å². The lowest BCUT2D eigenvalue weighted by Crippen LogP contribution is -2.31. The Morgan fingerprint density at radius 2 is 1.48 bits per heavy atom. The number of likely N-dealkylation sites (N-methyl/N-ethyl adjacent to an activating group) is 1. The molecule has 0 aliphatic carbocycles. The van der Waals surface area contributed by atoms with Crippen LogP contribution >= 0.6 is 0 Å². The van der Waals surface area contributed by atoms with Crippen LogP contribution in [0.2, 0.25) is 0 Å². The minimum absolute atomic E-state index is 0.0470. The summed E-state index contributed by atoms with van der Waals surface area (Å²) in [6.45, 7) is 6.54. The van der Waals surface area contributed by atoms with Gasteiger partial charge in [-0.1, -0.05) is 47.5 Å². The molecule has 3 aromatic carbocycles. The first-order valence-electron chi connectivity index (χ1n) is 9.80. The summed E-state index contributed by atoms with van der Waals surface area (Å²) in [5.41, 5.74) is 5.28. The minimum Gasteiger partial charge on any atom is -0.322 e. The standard InChI is InChI=1S/C25H26N2O2/c1-4-27(23-8-6-5-7-9-23)24(28)17-20-10-12-22(13-11-20)26-25(29)21-15-18(2)14-19(3)16-21/h5-16H,4,17H2,1-3H3,(H,26,29). The van der Waals surface area contributed by atoms with Crippen LogP contribution in [0.1, 0.15) is 34.0 Å². The lowest BCUT2D eigenvalue weighted by atomic mass is 10.1. The molecule has 0 radical (unpaired) electrons. The van der Waals surface area contributed by atoms with Crippen LogP contribution in [0.4, 0.5) is 11.4 Å². The average Bonchev–Trinajstić information content (AvgIpc) is 2.70. The van der Waals surface area contributed by atoms with Crippen molar-refractivity contribution in [2.24, 2.45) is 0 Å². The van der Waals surface area contributed by atoms with Crippen LogP contribution in [0.15, 0.2) is 72.8 Å². The number of benzene rings is 3. The van der Waals surface area contributed by atoms with Gasteiger partial charge in [0.25, 0.3) is 5.91 Å². The number of aryl methyl sites for hydroxylation is 2. The SMILES string of the molecule is CCN(C(=O)Cc1ccc(NC(=O)c2cc(C)cc(C)c2)cc1)c1ccccc1. The summed E-state index contributed by atoms with van der Waals surface area (Å²) in [5, 5.41) is 2.92. The molecule has 148 valence electrons. The highest BCUT2D eigenvalue weighted by Crippen LogP contribution is 2.17. The van der Waals surface area contributed by atoms with E-state index in [-0.39, 0.29) is 11.8 Å². The Labute approximate surface area is 172 Å². The Bertz CT molecular complexity index is 975. The van der Waals surface area contributed by atoms with Crippen molar-refractivity contribution in [1.82, 2.24) is 0 Å². The van der Waals surface area contributed by atoms with E-state index in [4.69, 9.17) is 0 Å². The van der Waals surface area contributed by atoms with Gasteiger partial charge in [-0.3, -0.25) is 9.59 Å². The van der Waals surface area contributed by atoms with Gasteiger partial charge in [-0.05, 0) is 62.7 Å². The number of carbonyl (C=O) groups is 2. The fourth-order valence-corrected chi connectivity index (χ4v) is 3.40. The van der Waals surface area contributed by atoms with Crippen LogP contribution in [0.5, 0.6) is 0 Å². The van der Waals surface area contributed by atoms with Crippen LogP contribution < -0.4 is 10.2 Å². The third-order valence-corrected chi connectivity index (χ3v) is 4.74. The van der Waals surface area contributed by atoms with Gasteiger partial charge in [0.05, 0.1) is 6.42 Å². The molecule has 3 aromatic rings. The molecule has 3 rings (SSSR count). The second-order valence-corrected chi connectivity index (χ2v) is 7.18. The fraction of sp³-hybridized carbons (Fsp3) is 0.200. The number of nitrogens with zero attached hydrogens (tertiary/aromatic N) is 1. The third kappa shape index (κ3) is 5.32. The lowest BCUT2D eigenvalue weighted by Gasteiger charge is -2.21. The average molecular weight is 386 g/mol. The molecule has 0 aromatic heterocycles. The van der Waals surface area contributed by atoms with E-state index in [1.54, 1.807) is 4.90 Å². The number of rotatable bonds is 6. The van der Waals surface area contributed by atoms with Gasteiger partial charge in [0.2, 0.25) is 5.91 Å². The van der Waals surface area contributed by atoms with Crippen molar-refractivity contribution in [2.45, 2.75) is 27.2 Å². The normalized spacial score (nSPS) is 10.4. The van der Waals surface area contributed by atoms with E-state index in [1.807, 2.05) is 93.6 Å². The van der Waals surface area contributed by atoms with Gasteiger partial charge in [0.1, 0.15) is 0 Å². The number of carbonyl (C=O) groups excluding carboxylic acids is 2. The van der Waals surface area contributed by atoms with Gasteiger partial charge in [0.15, 0.2) is 0 Å². The number of nitrogens with one attached hydrogen (secondary N) is 1. The van der Waals surface area contributed by atoms with E-state index in [0.717, 1.165) is 22.4 Å². The molecular formula is C25H26N2O2. The third-order valence-electron chi connectivity index (χ3n) is 4.74. The van der Waals surface area contributed by atoms with Crippen molar-refractivity contribution in [1.29, 1.82) is 0 Å². The first-order chi connectivity index (χ1) is 14.0. The number of hydrogen-bond donors (Lipinski definition) is 1. The highest BCUT2D eigenvalue weighted by Gasteiger charge is 2.14. The largest absolute Gasteiger partial charge is 0.322 e. The summed E-state index contributed by atoms with van der Waals surface area (Å²) in [4.78, 5) is 27.0. The van der Waals surface area contributed by atoms with Crippen molar-refractivity contribution in [3.05, 3.63) is 95.1 Å². The molecule has 0 unspecified atom stereocenters.